The Kier molecular flexibility index (Phi) is 5.57. The lowest BCUT2D eigenvalue weighted by Crippen LogP contribution is -2.20. The zero-order valence-electron chi connectivity index (χ0n) is 11.0. The number of hydrogen-bond acceptors (Lipinski definition) is 5. The topological polar surface area (TPSA) is 61.2 Å². The van der Waals surface area contributed by atoms with Crippen LogP contribution in [0, 0.1) is 5.92 Å². The van der Waals surface area contributed by atoms with E-state index in [0.717, 1.165) is 58.0 Å². The van der Waals surface area contributed by atoms with Crippen LogP contribution < -0.4 is 5.32 Å². The van der Waals surface area contributed by atoms with Gasteiger partial charge in [-0.3, -0.25) is 4.68 Å². The van der Waals surface area contributed by atoms with Gasteiger partial charge in [0, 0.05) is 46.2 Å². The molecule has 1 N–H and O–H groups in total. The maximum atomic E-state index is 5.35. The van der Waals surface area contributed by atoms with Gasteiger partial charge in [-0.25, -0.2) is 0 Å². The van der Waals surface area contributed by atoms with Crippen molar-refractivity contribution >= 4 is 0 Å². The van der Waals surface area contributed by atoms with Crippen LogP contribution in [0.1, 0.15) is 18.5 Å². The molecule has 18 heavy (non-hydrogen) atoms. The standard InChI is InChI=1S/C12H22N4O2/c1-17-7-4-13-8-12-10-16(15-14-12)9-11-2-5-18-6-3-11/h10-11,13H,2-9H2,1H3. The Morgan fingerprint density at radius 2 is 2.33 bits per heavy atom. The maximum Gasteiger partial charge on any atom is 0.0964 e. The summed E-state index contributed by atoms with van der Waals surface area (Å²) >= 11 is 0. The average Bonchev–Trinajstić information content (AvgIpc) is 2.84. The van der Waals surface area contributed by atoms with E-state index in [9.17, 15) is 0 Å². The third kappa shape index (κ3) is 4.36. The van der Waals surface area contributed by atoms with Gasteiger partial charge < -0.3 is 14.8 Å². The molecule has 0 aromatic carbocycles. The molecule has 2 rings (SSSR count). The van der Waals surface area contributed by atoms with Crippen molar-refractivity contribution in [2.75, 3.05) is 33.5 Å². The van der Waals surface area contributed by atoms with Crippen molar-refractivity contribution in [3.8, 4) is 0 Å². The number of methoxy groups -OCH3 is 1. The van der Waals surface area contributed by atoms with E-state index < -0.39 is 0 Å². The van der Waals surface area contributed by atoms with Crippen molar-refractivity contribution in [1.82, 2.24) is 20.3 Å². The molecule has 1 aromatic rings. The van der Waals surface area contributed by atoms with Gasteiger partial charge in [-0.1, -0.05) is 5.21 Å². The van der Waals surface area contributed by atoms with E-state index in [1.165, 1.54) is 0 Å². The Bertz CT molecular complexity index is 337. The van der Waals surface area contributed by atoms with Crippen molar-refractivity contribution in [2.45, 2.75) is 25.9 Å². The highest BCUT2D eigenvalue weighted by atomic mass is 16.5. The number of ether oxygens (including phenoxy) is 2. The van der Waals surface area contributed by atoms with Crippen molar-refractivity contribution < 1.29 is 9.47 Å². The molecule has 102 valence electrons. The monoisotopic (exact) mass is 254 g/mol. The minimum Gasteiger partial charge on any atom is -0.383 e. The van der Waals surface area contributed by atoms with E-state index in [4.69, 9.17) is 9.47 Å². The Morgan fingerprint density at radius 1 is 1.50 bits per heavy atom. The highest BCUT2D eigenvalue weighted by Gasteiger charge is 2.14. The maximum absolute atomic E-state index is 5.35. The summed E-state index contributed by atoms with van der Waals surface area (Å²) in [7, 11) is 1.70. The molecule has 1 aliphatic rings. The summed E-state index contributed by atoms with van der Waals surface area (Å²) in [5, 5.41) is 11.6. The smallest absolute Gasteiger partial charge is 0.0964 e. The van der Waals surface area contributed by atoms with Crippen LogP contribution in [0.3, 0.4) is 0 Å². The fourth-order valence-corrected chi connectivity index (χ4v) is 2.09. The molecule has 0 radical (unpaired) electrons. The van der Waals surface area contributed by atoms with Crippen LogP contribution in [0.25, 0.3) is 0 Å². The summed E-state index contributed by atoms with van der Waals surface area (Å²) in [4.78, 5) is 0. The minimum atomic E-state index is 0.676. The molecule has 1 aromatic heterocycles. The second kappa shape index (κ2) is 7.45. The highest BCUT2D eigenvalue weighted by Crippen LogP contribution is 2.16. The Hall–Kier alpha value is -0.980. The number of nitrogens with one attached hydrogen (secondary N) is 1. The van der Waals surface area contributed by atoms with E-state index in [-0.39, 0.29) is 0 Å². The van der Waals surface area contributed by atoms with Crippen LogP contribution in [0.15, 0.2) is 6.20 Å². The Labute approximate surface area is 108 Å². The molecule has 6 nitrogen and oxygen atoms in total. The van der Waals surface area contributed by atoms with Crippen molar-refractivity contribution in [2.24, 2.45) is 5.92 Å². The molecule has 0 saturated carbocycles. The normalized spacial score (nSPS) is 17.2. The molecule has 0 spiro atoms. The van der Waals surface area contributed by atoms with Gasteiger partial charge in [0.2, 0.25) is 0 Å². The van der Waals surface area contributed by atoms with Gasteiger partial charge in [0.05, 0.1) is 12.3 Å². The molecule has 1 saturated heterocycles. The predicted molar refractivity (Wildman–Crippen MR) is 67.1 cm³/mol. The first-order valence-corrected chi connectivity index (χ1v) is 6.55. The van der Waals surface area contributed by atoms with Gasteiger partial charge >= 0.3 is 0 Å². The largest absolute Gasteiger partial charge is 0.383 e. The molecule has 2 heterocycles. The summed E-state index contributed by atoms with van der Waals surface area (Å²) < 4.78 is 12.3. The number of hydrogen-bond donors (Lipinski definition) is 1. The summed E-state index contributed by atoms with van der Waals surface area (Å²) in [6, 6.07) is 0. The van der Waals surface area contributed by atoms with E-state index in [1.54, 1.807) is 7.11 Å². The Balaban J connectivity index is 1.71. The zero-order chi connectivity index (χ0) is 12.6. The van der Waals surface area contributed by atoms with Gasteiger partial charge in [-0.2, -0.15) is 0 Å². The Morgan fingerprint density at radius 3 is 3.11 bits per heavy atom. The third-order valence-electron chi connectivity index (χ3n) is 3.16. The molecule has 0 unspecified atom stereocenters. The number of rotatable bonds is 7. The van der Waals surface area contributed by atoms with Crippen LogP contribution in [0.5, 0.6) is 0 Å². The number of nitrogens with zero attached hydrogens (tertiary/aromatic N) is 3. The summed E-state index contributed by atoms with van der Waals surface area (Å²) in [6.45, 7) is 5.01. The molecular formula is C12H22N4O2. The lowest BCUT2D eigenvalue weighted by Gasteiger charge is -2.21. The average molecular weight is 254 g/mol. The van der Waals surface area contributed by atoms with Crippen molar-refractivity contribution in [3.05, 3.63) is 11.9 Å². The summed E-state index contributed by atoms with van der Waals surface area (Å²) in [5.74, 6) is 0.676. The molecular weight excluding hydrogens is 232 g/mol. The second-order valence-corrected chi connectivity index (χ2v) is 4.66. The molecule has 1 aliphatic heterocycles. The quantitative estimate of drug-likeness (QED) is 0.715. The first-order valence-electron chi connectivity index (χ1n) is 6.55. The van der Waals surface area contributed by atoms with Gasteiger partial charge in [-0.05, 0) is 18.8 Å². The molecule has 0 aliphatic carbocycles. The number of aromatic nitrogens is 3. The van der Waals surface area contributed by atoms with Gasteiger partial charge in [0.15, 0.2) is 0 Å². The fourth-order valence-electron chi connectivity index (χ4n) is 2.09. The van der Waals surface area contributed by atoms with Crippen LogP contribution in [-0.4, -0.2) is 48.5 Å². The first kappa shape index (κ1) is 13.5. The fraction of sp³-hybridized carbons (Fsp3) is 0.833. The zero-order valence-corrected chi connectivity index (χ0v) is 11.0. The second-order valence-electron chi connectivity index (χ2n) is 4.66. The summed E-state index contributed by atoms with van der Waals surface area (Å²) in [5.41, 5.74) is 0.984. The van der Waals surface area contributed by atoms with E-state index in [2.05, 4.69) is 15.6 Å². The highest BCUT2D eigenvalue weighted by molar-refractivity contribution is 4.91. The third-order valence-corrected chi connectivity index (χ3v) is 3.16. The molecule has 0 bridgehead atoms. The minimum absolute atomic E-state index is 0.676. The molecule has 1 fully saturated rings. The van der Waals surface area contributed by atoms with Gasteiger partial charge in [0.1, 0.15) is 0 Å². The summed E-state index contributed by atoms with van der Waals surface area (Å²) in [6.07, 6.45) is 4.28. The van der Waals surface area contributed by atoms with Crippen LogP contribution in [0.2, 0.25) is 0 Å². The van der Waals surface area contributed by atoms with Crippen molar-refractivity contribution in [3.63, 3.8) is 0 Å². The lowest BCUT2D eigenvalue weighted by atomic mass is 10.0. The van der Waals surface area contributed by atoms with Crippen LogP contribution in [0.4, 0.5) is 0 Å². The van der Waals surface area contributed by atoms with E-state index in [1.807, 2.05) is 10.9 Å². The van der Waals surface area contributed by atoms with Crippen LogP contribution >= 0.6 is 0 Å². The molecule has 6 heteroatoms. The van der Waals surface area contributed by atoms with E-state index in [0.29, 0.717) is 5.92 Å². The predicted octanol–water partition coefficient (Wildman–Crippen LogP) is 0.441. The molecule has 0 atom stereocenters. The van der Waals surface area contributed by atoms with Gasteiger partial charge in [0.25, 0.3) is 0 Å². The molecule has 0 amide bonds. The first-order chi connectivity index (χ1) is 8.88. The lowest BCUT2D eigenvalue weighted by molar-refractivity contribution is 0.0600. The SMILES string of the molecule is COCCNCc1cn(CC2CCOCC2)nn1. The van der Waals surface area contributed by atoms with E-state index >= 15 is 0 Å². The van der Waals surface area contributed by atoms with Crippen LogP contribution in [-0.2, 0) is 22.6 Å². The van der Waals surface area contributed by atoms with Gasteiger partial charge in [-0.15, -0.1) is 5.10 Å². The van der Waals surface area contributed by atoms with Crippen molar-refractivity contribution in [1.29, 1.82) is 0 Å².